The largest absolute Gasteiger partial charge is 0.368 e. The van der Waals surface area contributed by atoms with E-state index < -0.39 is 0 Å². The molecular weight excluding hydrogens is 212 g/mol. The zero-order valence-electron chi connectivity index (χ0n) is 12.0. The number of nitrogens with two attached hydrogens (primary N) is 1. The van der Waals surface area contributed by atoms with E-state index in [4.69, 9.17) is 10.5 Å². The third-order valence-corrected chi connectivity index (χ3v) is 4.62. The highest BCUT2D eigenvalue weighted by molar-refractivity contribution is 5.05. The summed E-state index contributed by atoms with van der Waals surface area (Å²) in [5.74, 6) is 1.27. The Balaban J connectivity index is 2.04. The maximum absolute atomic E-state index is 6.39. The van der Waals surface area contributed by atoms with Gasteiger partial charge in [-0.3, -0.25) is 0 Å². The number of ether oxygens (including phenoxy) is 1. The van der Waals surface area contributed by atoms with E-state index in [1.807, 2.05) is 0 Å². The molecule has 0 aromatic rings. The first kappa shape index (κ1) is 13.3. The molecule has 3 atom stereocenters. The van der Waals surface area contributed by atoms with E-state index in [0.29, 0.717) is 5.92 Å². The predicted molar refractivity (Wildman–Crippen MR) is 70.9 cm³/mol. The molecule has 0 aromatic carbocycles. The second-order valence-electron chi connectivity index (χ2n) is 7.09. The smallest absolute Gasteiger partial charge is 0.0788 e. The van der Waals surface area contributed by atoms with Crippen LogP contribution in [0.15, 0.2) is 0 Å². The fraction of sp³-hybridized carbons (Fsp3) is 1.00. The van der Waals surface area contributed by atoms with Crippen molar-refractivity contribution >= 4 is 0 Å². The van der Waals surface area contributed by atoms with Crippen LogP contribution in [-0.4, -0.2) is 41.8 Å². The highest BCUT2D eigenvalue weighted by atomic mass is 16.5. The Morgan fingerprint density at radius 2 is 1.88 bits per heavy atom. The lowest BCUT2D eigenvalue weighted by molar-refractivity contribution is -0.0781. The summed E-state index contributed by atoms with van der Waals surface area (Å²) in [4.78, 5) is 2.56. The molecular formula is C14H28N2O. The van der Waals surface area contributed by atoms with Crippen LogP contribution in [0.5, 0.6) is 0 Å². The van der Waals surface area contributed by atoms with Crippen LogP contribution < -0.4 is 5.73 Å². The maximum atomic E-state index is 6.39. The molecule has 3 nitrogen and oxygen atoms in total. The van der Waals surface area contributed by atoms with Gasteiger partial charge in [-0.2, -0.15) is 0 Å². The first-order chi connectivity index (χ1) is 7.72. The van der Waals surface area contributed by atoms with E-state index in [-0.39, 0.29) is 17.2 Å². The Bertz CT molecular complexity index is 288. The Labute approximate surface area is 106 Å². The molecule has 2 saturated heterocycles. The van der Waals surface area contributed by atoms with Crippen molar-refractivity contribution in [3.63, 3.8) is 0 Å². The van der Waals surface area contributed by atoms with Gasteiger partial charge in [-0.05, 0) is 46.6 Å². The minimum atomic E-state index is -0.195. The standard InChI is InChI=1S/C14H28N2O/c1-10-6-7-16(8-10)9-11-12(15)14(4,5)17-13(11,2)3/h10-12H,6-9,15H2,1-5H3. The lowest BCUT2D eigenvalue weighted by Gasteiger charge is -2.31. The molecule has 2 aliphatic heterocycles. The fourth-order valence-corrected chi connectivity index (χ4v) is 3.54. The minimum Gasteiger partial charge on any atom is -0.368 e. The van der Waals surface area contributed by atoms with Gasteiger partial charge in [0.2, 0.25) is 0 Å². The Morgan fingerprint density at radius 1 is 1.24 bits per heavy atom. The number of nitrogens with zero attached hydrogens (tertiary/aromatic N) is 1. The monoisotopic (exact) mass is 240 g/mol. The van der Waals surface area contributed by atoms with Gasteiger partial charge in [0.15, 0.2) is 0 Å². The summed E-state index contributed by atoms with van der Waals surface area (Å²) in [6.45, 7) is 14.5. The SMILES string of the molecule is CC1CCN(CC2C(N)C(C)(C)OC2(C)C)C1. The Hall–Kier alpha value is -0.120. The van der Waals surface area contributed by atoms with Crippen LogP contribution >= 0.6 is 0 Å². The Morgan fingerprint density at radius 3 is 2.29 bits per heavy atom. The Kier molecular flexibility index (Phi) is 3.30. The van der Waals surface area contributed by atoms with Crippen LogP contribution in [0.1, 0.15) is 41.0 Å². The molecule has 100 valence electrons. The fourth-order valence-electron chi connectivity index (χ4n) is 3.54. The molecule has 0 saturated carbocycles. The summed E-state index contributed by atoms with van der Waals surface area (Å²) in [6.07, 6.45) is 1.33. The van der Waals surface area contributed by atoms with Crippen molar-refractivity contribution in [2.75, 3.05) is 19.6 Å². The summed E-state index contributed by atoms with van der Waals surface area (Å²) in [5, 5.41) is 0. The van der Waals surface area contributed by atoms with Crippen molar-refractivity contribution in [2.45, 2.75) is 58.3 Å². The average Bonchev–Trinajstić information content (AvgIpc) is 2.62. The van der Waals surface area contributed by atoms with Gasteiger partial charge in [-0.25, -0.2) is 0 Å². The van der Waals surface area contributed by atoms with Gasteiger partial charge in [-0.15, -0.1) is 0 Å². The molecule has 2 aliphatic rings. The number of hydrogen-bond donors (Lipinski definition) is 1. The molecule has 2 N–H and O–H groups in total. The topological polar surface area (TPSA) is 38.5 Å². The van der Waals surface area contributed by atoms with Gasteiger partial charge >= 0.3 is 0 Å². The van der Waals surface area contributed by atoms with Gasteiger partial charge in [0.25, 0.3) is 0 Å². The second kappa shape index (κ2) is 4.22. The molecule has 2 fully saturated rings. The molecule has 2 rings (SSSR count). The molecule has 0 aliphatic carbocycles. The highest BCUT2D eigenvalue weighted by Crippen LogP contribution is 2.41. The predicted octanol–water partition coefficient (Wildman–Crippen LogP) is 1.86. The summed E-state index contributed by atoms with van der Waals surface area (Å²) >= 11 is 0. The lowest BCUT2D eigenvalue weighted by Crippen LogP contribution is -2.47. The van der Waals surface area contributed by atoms with Gasteiger partial charge in [-0.1, -0.05) is 6.92 Å². The lowest BCUT2D eigenvalue weighted by atomic mass is 9.83. The van der Waals surface area contributed by atoms with E-state index in [0.717, 1.165) is 12.5 Å². The number of rotatable bonds is 2. The average molecular weight is 240 g/mol. The number of likely N-dealkylation sites (tertiary alicyclic amines) is 1. The first-order valence-corrected chi connectivity index (χ1v) is 6.90. The third kappa shape index (κ3) is 2.51. The quantitative estimate of drug-likeness (QED) is 0.800. The van der Waals surface area contributed by atoms with Crippen LogP contribution in [0.25, 0.3) is 0 Å². The van der Waals surface area contributed by atoms with Gasteiger partial charge in [0, 0.05) is 25.0 Å². The van der Waals surface area contributed by atoms with Crippen molar-refractivity contribution in [3.8, 4) is 0 Å². The second-order valence-corrected chi connectivity index (χ2v) is 7.09. The van der Waals surface area contributed by atoms with Crippen molar-refractivity contribution < 1.29 is 4.74 Å². The van der Waals surface area contributed by atoms with Gasteiger partial charge < -0.3 is 15.4 Å². The molecule has 0 radical (unpaired) electrons. The normalized spacial score (nSPS) is 40.9. The number of hydrogen-bond acceptors (Lipinski definition) is 3. The zero-order chi connectivity index (χ0) is 12.8. The van der Waals surface area contributed by atoms with Crippen LogP contribution in [0.2, 0.25) is 0 Å². The summed E-state index contributed by atoms with van der Waals surface area (Å²) in [6, 6.07) is 0.133. The summed E-state index contributed by atoms with van der Waals surface area (Å²) < 4.78 is 6.15. The van der Waals surface area contributed by atoms with E-state index in [1.54, 1.807) is 0 Å². The van der Waals surface area contributed by atoms with E-state index in [9.17, 15) is 0 Å². The minimum absolute atomic E-state index is 0.102. The van der Waals surface area contributed by atoms with Crippen molar-refractivity contribution in [1.82, 2.24) is 4.90 Å². The van der Waals surface area contributed by atoms with E-state index in [2.05, 4.69) is 39.5 Å². The summed E-state index contributed by atoms with van der Waals surface area (Å²) in [7, 11) is 0. The molecule has 0 bridgehead atoms. The maximum Gasteiger partial charge on any atom is 0.0788 e. The van der Waals surface area contributed by atoms with Crippen LogP contribution in [-0.2, 0) is 4.74 Å². The molecule has 0 amide bonds. The molecule has 2 heterocycles. The third-order valence-electron chi connectivity index (χ3n) is 4.62. The van der Waals surface area contributed by atoms with Crippen molar-refractivity contribution in [3.05, 3.63) is 0 Å². The van der Waals surface area contributed by atoms with Crippen molar-refractivity contribution in [2.24, 2.45) is 17.6 Å². The van der Waals surface area contributed by atoms with Crippen LogP contribution in [0.4, 0.5) is 0 Å². The molecule has 17 heavy (non-hydrogen) atoms. The van der Waals surface area contributed by atoms with Crippen molar-refractivity contribution in [1.29, 1.82) is 0 Å². The first-order valence-electron chi connectivity index (χ1n) is 6.90. The molecule has 3 unspecified atom stereocenters. The highest BCUT2D eigenvalue weighted by Gasteiger charge is 2.52. The van der Waals surface area contributed by atoms with Gasteiger partial charge in [0.1, 0.15) is 0 Å². The van der Waals surface area contributed by atoms with Crippen LogP contribution in [0, 0.1) is 11.8 Å². The zero-order valence-corrected chi connectivity index (χ0v) is 12.0. The molecule has 0 spiro atoms. The van der Waals surface area contributed by atoms with E-state index in [1.165, 1.54) is 19.5 Å². The van der Waals surface area contributed by atoms with Gasteiger partial charge in [0.05, 0.1) is 11.2 Å². The van der Waals surface area contributed by atoms with Crippen LogP contribution in [0.3, 0.4) is 0 Å². The molecule has 0 aromatic heterocycles. The summed E-state index contributed by atoms with van der Waals surface area (Å²) in [5.41, 5.74) is 6.10. The van der Waals surface area contributed by atoms with E-state index >= 15 is 0 Å². The molecule has 3 heteroatoms.